The molecule has 0 aliphatic carbocycles. The average Bonchev–Trinajstić information content (AvgIpc) is 2.90. The molecule has 0 atom stereocenters. The number of hydrogen-bond donors (Lipinski definition) is 10. The van der Waals surface area contributed by atoms with Gasteiger partial charge in [0.25, 0.3) is 0 Å². The van der Waals surface area contributed by atoms with Crippen molar-refractivity contribution in [1.82, 2.24) is 53.2 Å². The summed E-state index contributed by atoms with van der Waals surface area (Å²) in [6, 6.07) is 0. The van der Waals surface area contributed by atoms with Gasteiger partial charge >= 0.3 is 0 Å². The van der Waals surface area contributed by atoms with E-state index in [1.165, 1.54) is 11.8 Å². The molecule has 3 saturated heterocycles. The number of aliphatic imine (C=N–C) groups is 1. The van der Waals surface area contributed by atoms with E-state index in [1.807, 2.05) is 0 Å². The van der Waals surface area contributed by atoms with Gasteiger partial charge in [-0.1, -0.05) is 0 Å². The highest BCUT2D eigenvalue weighted by molar-refractivity contribution is 8.03. The fraction of sp³-hybridized carbons (Fsp3) is 0.826. The second-order valence-electron chi connectivity index (χ2n) is 9.74. The second kappa shape index (κ2) is 20.6. The molecule has 3 aliphatic heterocycles. The van der Waals surface area contributed by atoms with Gasteiger partial charge in [-0.15, -0.1) is 0 Å². The van der Waals surface area contributed by atoms with Crippen molar-refractivity contribution in [2.75, 3.05) is 84.7 Å². The summed E-state index contributed by atoms with van der Waals surface area (Å²) in [6.45, 7) is 8.40. The molecule has 16 heteroatoms. The maximum Gasteiger partial charge on any atom is 0.166 e. The van der Waals surface area contributed by atoms with Crippen LogP contribution in [-0.4, -0.2) is 111 Å². The van der Waals surface area contributed by atoms with Crippen LogP contribution in [0.1, 0.15) is 25.7 Å². The van der Waals surface area contributed by atoms with Crippen LogP contribution in [0.25, 0.3) is 0 Å². The number of fused-ring (bicyclic) bond motifs is 12. The number of nitriles is 1. The quantitative estimate of drug-likeness (QED) is 0.0546. The largest absolute Gasteiger partial charge is 0.363 e. The van der Waals surface area contributed by atoms with Gasteiger partial charge in [0.15, 0.2) is 10.2 Å². The molecule has 0 saturated carbocycles. The minimum atomic E-state index is -0.334. The third-order valence-electron chi connectivity index (χ3n) is 6.36. The van der Waals surface area contributed by atoms with Gasteiger partial charge in [-0.05, 0) is 74.1 Å². The van der Waals surface area contributed by atoms with Crippen molar-refractivity contribution in [2.45, 2.75) is 36.8 Å². The summed E-state index contributed by atoms with van der Waals surface area (Å²) in [6.07, 6.45) is 3.85. The molecule has 220 valence electrons. The molecule has 39 heavy (non-hydrogen) atoms. The number of unbranched alkanes of at least 4 members (excludes halogenated alkanes) is 2. The summed E-state index contributed by atoms with van der Waals surface area (Å²) < 4.78 is 0. The van der Waals surface area contributed by atoms with E-state index in [-0.39, 0.29) is 11.1 Å². The zero-order valence-corrected chi connectivity index (χ0v) is 25.8. The number of nitrogens with zero attached hydrogens (tertiary/aromatic N) is 2. The van der Waals surface area contributed by atoms with Gasteiger partial charge in [-0.25, -0.2) is 4.99 Å². The van der Waals surface area contributed by atoms with E-state index < -0.39 is 0 Å². The van der Waals surface area contributed by atoms with Crippen molar-refractivity contribution in [3.05, 3.63) is 0 Å². The van der Waals surface area contributed by atoms with E-state index in [0.29, 0.717) is 76.0 Å². The first-order valence-electron chi connectivity index (χ1n) is 13.4. The predicted octanol–water partition coefficient (Wildman–Crippen LogP) is -1.29. The van der Waals surface area contributed by atoms with E-state index in [1.54, 1.807) is 0 Å². The Morgan fingerprint density at radius 1 is 0.744 bits per heavy atom. The SMILES string of the molecule is N#CSCCCCNC(=S)NC12CNCNCC(NC(=S)NCCCCN=C=S)(CNCNC1)CNCNC2. The first-order chi connectivity index (χ1) is 19.0. The molecule has 0 amide bonds. The monoisotopic (exact) mass is 616 g/mol. The zero-order chi connectivity index (χ0) is 28.1. The average molecular weight is 617 g/mol. The molecule has 0 unspecified atom stereocenters. The summed E-state index contributed by atoms with van der Waals surface area (Å²) in [7, 11) is 0. The van der Waals surface area contributed by atoms with Crippen molar-refractivity contribution in [1.29, 1.82) is 5.26 Å². The van der Waals surface area contributed by atoms with Crippen molar-refractivity contribution in [3.63, 3.8) is 0 Å². The van der Waals surface area contributed by atoms with E-state index in [0.717, 1.165) is 44.5 Å². The fourth-order valence-corrected chi connectivity index (χ4v) is 5.56. The number of thioether (sulfide) groups is 1. The third kappa shape index (κ3) is 14.8. The molecule has 0 aromatic carbocycles. The zero-order valence-electron chi connectivity index (χ0n) is 22.5. The molecule has 3 aliphatic rings. The van der Waals surface area contributed by atoms with Gasteiger partial charge in [-0.3, -0.25) is 0 Å². The Hall–Kier alpha value is -1.22. The molecule has 3 rings (SSSR count). The number of hydrogen-bond acceptors (Lipinski definition) is 12. The van der Waals surface area contributed by atoms with Gasteiger partial charge < -0.3 is 53.2 Å². The highest BCUT2D eigenvalue weighted by Gasteiger charge is 2.34. The lowest BCUT2D eigenvalue weighted by molar-refractivity contribution is 0.258. The topological polar surface area (TPSA) is 156 Å². The molecule has 10 N–H and O–H groups in total. The van der Waals surface area contributed by atoms with E-state index >= 15 is 0 Å². The lowest BCUT2D eigenvalue weighted by Gasteiger charge is -2.41. The normalized spacial score (nSPS) is 24.2. The lowest BCUT2D eigenvalue weighted by atomic mass is 9.97. The Balaban J connectivity index is 1.92. The van der Waals surface area contributed by atoms with E-state index in [4.69, 9.17) is 29.7 Å². The van der Waals surface area contributed by atoms with Crippen LogP contribution in [0.5, 0.6) is 0 Å². The van der Waals surface area contributed by atoms with Gasteiger partial charge in [0, 0.05) is 84.7 Å². The van der Waals surface area contributed by atoms with Gasteiger partial charge in [0.1, 0.15) is 5.40 Å². The first kappa shape index (κ1) is 34.0. The maximum atomic E-state index is 8.65. The minimum absolute atomic E-state index is 0.332. The number of thiocarbonyl (C=S) groups is 3. The van der Waals surface area contributed by atoms with Crippen molar-refractivity contribution < 1.29 is 0 Å². The molecule has 3 fully saturated rings. The molecule has 0 spiro atoms. The minimum Gasteiger partial charge on any atom is -0.363 e. The van der Waals surface area contributed by atoms with Gasteiger partial charge in [0.05, 0.1) is 16.2 Å². The molecule has 0 aromatic rings. The molecule has 12 nitrogen and oxygen atoms in total. The second-order valence-corrected chi connectivity index (χ2v) is 11.6. The summed E-state index contributed by atoms with van der Waals surface area (Å²) in [4.78, 5) is 3.95. The first-order valence-corrected chi connectivity index (χ1v) is 15.7. The van der Waals surface area contributed by atoms with E-state index in [2.05, 4.69) is 80.9 Å². The van der Waals surface area contributed by atoms with Crippen LogP contribution < -0.4 is 53.2 Å². The van der Waals surface area contributed by atoms with Crippen LogP contribution in [0.4, 0.5) is 0 Å². The molecule has 3 heterocycles. The highest BCUT2D eigenvalue weighted by Crippen LogP contribution is 2.06. The van der Waals surface area contributed by atoms with Crippen LogP contribution in [0.3, 0.4) is 0 Å². The van der Waals surface area contributed by atoms with Gasteiger partial charge in [0.2, 0.25) is 0 Å². The number of nitrogens with one attached hydrogen (secondary N) is 10. The van der Waals surface area contributed by atoms with Crippen LogP contribution >= 0.6 is 48.4 Å². The standard InChI is InChI=1S/C23H44N12S4/c24-15-39-8-4-3-7-33-21(38)35-23-12-29-16-26-9-22(10-27-17-30-13-23,11-28-18-31-14-23)34-20(37)32-6-2-1-5-25-19-36/h26-31H,1-14,16-18H2,(H2,32,34,37)(H2,33,35,38). The number of thiocyanates is 1. The highest BCUT2D eigenvalue weighted by atomic mass is 32.2. The van der Waals surface area contributed by atoms with E-state index in [9.17, 15) is 0 Å². The molecular formula is C23H44N12S4. The Bertz CT molecular complexity index is 779. The number of rotatable bonds is 12. The van der Waals surface area contributed by atoms with Crippen LogP contribution in [-0.2, 0) is 0 Å². The summed E-state index contributed by atoms with van der Waals surface area (Å²) >= 11 is 17.2. The molecule has 2 bridgehead atoms. The molecule has 0 aromatic heterocycles. The van der Waals surface area contributed by atoms with Crippen molar-refractivity contribution in [3.8, 4) is 5.40 Å². The lowest BCUT2D eigenvalue weighted by Crippen LogP contribution is -2.71. The summed E-state index contributed by atoms with van der Waals surface area (Å²) in [5.74, 6) is 0.845. The Morgan fingerprint density at radius 2 is 1.18 bits per heavy atom. The van der Waals surface area contributed by atoms with Gasteiger partial charge in [-0.2, -0.15) is 5.26 Å². The number of isothiocyanates is 1. The third-order valence-corrected chi connectivity index (χ3v) is 7.60. The van der Waals surface area contributed by atoms with Crippen molar-refractivity contribution >= 4 is 63.8 Å². The molecular weight excluding hydrogens is 573 g/mol. The van der Waals surface area contributed by atoms with Crippen LogP contribution in [0.15, 0.2) is 4.99 Å². The summed E-state index contributed by atoms with van der Waals surface area (Å²) in [5, 5.41) is 49.6. The molecule has 0 radical (unpaired) electrons. The smallest absolute Gasteiger partial charge is 0.166 e. The predicted molar refractivity (Wildman–Crippen MR) is 172 cm³/mol. The Labute approximate surface area is 253 Å². The summed E-state index contributed by atoms with van der Waals surface area (Å²) in [5.41, 5.74) is -0.665. The maximum absolute atomic E-state index is 8.65. The fourth-order valence-electron chi connectivity index (χ4n) is 4.40. The Kier molecular flexibility index (Phi) is 18.0. The van der Waals surface area contributed by atoms with Crippen LogP contribution in [0.2, 0.25) is 0 Å². The van der Waals surface area contributed by atoms with Crippen molar-refractivity contribution in [2.24, 2.45) is 4.99 Å². The van der Waals surface area contributed by atoms with Crippen LogP contribution in [0, 0.1) is 10.7 Å². The Morgan fingerprint density at radius 3 is 1.59 bits per heavy atom.